The van der Waals surface area contributed by atoms with Gasteiger partial charge in [0.05, 0.1) is 5.69 Å². The van der Waals surface area contributed by atoms with Gasteiger partial charge in [0.15, 0.2) is 5.69 Å². The zero-order valence-electron chi connectivity index (χ0n) is 20.1. The second kappa shape index (κ2) is 10.4. The third kappa shape index (κ3) is 5.85. The number of carbonyl (C=O) groups excluding carboxylic acids is 1. The first-order chi connectivity index (χ1) is 17.0. The van der Waals surface area contributed by atoms with E-state index in [1.165, 1.54) is 12.1 Å². The summed E-state index contributed by atoms with van der Waals surface area (Å²) in [5.41, 5.74) is -1.58. The molecule has 1 amide bonds. The van der Waals surface area contributed by atoms with Gasteiger partial charge in [-0.05, 0) is 68.9 Å². The van der Waals surface area contributed by atoms with Crippen LogP contribution in [0.1, 0.15) is 78.8 Å². The molecule has 2 unspecified atom stereocenters. The van der Waals surface area contributed by atoms with Gasteiger partial charge in [-0.3, -0.25) is 9.20 Å². The lowest BCUT2D eigenvalue weighted by atomic mass is 9.83. The molecule has 1 aliphatic carbocycles. The number of halogens is 6. The Morgan fingerprint density at radius 3 is 2.38 bits per heavy atom. The Hall–Kier alpha value is -2.45. The predicted molar refractivity (Wildman–Crippen MR) is 128 cm³/mol. The minimum absolute atomic E-state index is 0. The maximum Gasteiger partial charge on any atom is 0.435 e. The maximum atomic E-state index is 13.9. The lowest BCUT2D eigenvalue weighted by Crippen LogP contribution is -2.42. The van der Waals surface area contributed by atoms with Gasteiger partial charge < -0.3 is 10.6 Å². The van der Waals surface area contributed by atoms with Crippen molar-refractivity contribution in [1.82, 2.24) is 20.0 Å². The van der Waals surface area contributed by atoms with Gasteiger partial charge >= 0.3 is 6.18 Å². The van der Waals surface area contributed by atoms with Crippen LogP contribution in [0.2, 0.25) is 0 Å². The van der Waals surface area contributed by atoms with Crippen LogP contribution in [-0.4, -0.2) is 39.8 Å². The number of aromatic nitrogens is 2. The SMILES string of the molecule is Cl.N#Cc1cc(C(=O)NCC2CC3CCC(C2)N3)cc2nc(C(F)(F)F)c(CC3CCC(F)(F)CC3)n12. The average Bonchev–Trinajstić information content (AvgIpc) is 3.37. The summed E-state index contributed by atoms with van der Waals surface area (Å²) in [5, 5.41) is 16.1. The van der Waals surface area contributed by atoms with Crippen LogP contribution in [-0.2, 0) is 12.6 Å². The summed E-state index contributed by atoms with van der Waals surface area (Å²) in [6.07, 6.45) is -1.28. The van der Waals surface area contributed by atoms with Gasteiger partial charge in [-0.15, -0.1) is 12.4 Å². The number of nitriles is 1. The van der Waals surface area contributed by atoms with E-state index in [-0.39, 0.29) is 73.0 Å². The minimum Gasteiger partial charge on any atom is -0.352 e. The van der Waals surface area contributed by atoms with Gasteiger partial charge in [0.2, 0.25) is 5.92 Å². The molecule has 202 valence electrons. The van der Waals surface area contributed by atoms with Crippen LogP contribution in [0.5, 0.6) is 0 Å². The third-order valence-corrected chi connectivity index (χ3v) is 7.90. The lowest BCUT2D eigenvalue weighted by Gasteiger charge is -2.29. The molecule has 2 N–H and O–H groups in total. The maximum absolute atomic E-state index is 13.9. The fourth-order valence-corrected chi connectivity index (χ4v) is 6.12. The molecule has 0 aromatic carbocycles. The van der Waals surface area contributed by atoms with Crippen LogP contribution in [0.4, 0.5) is 22.0 Å². The number of alkyl halides is 5. The molecule has 2 saturated heterocycles. The number of amides is 1. The van der Waals surface area contributed by atoms with Crippen molar-refractivity contribution in [1.29, 1.82) is 5.26 Å². The second-order valence-corrected chi connectivity index (χ2v) is 10.5. The highest BCUT2D eigenvalue weighted by Gasteiger charge is 2.41. The van der Waals surface area contributed by atoms with Crippen molar-refractivity contribution in [2.75, 3.05) is 6.54 Å². The van der Waals surface area contributed by atoms with Crippen LogP contribution in [0.25, 0.3) is 5.65 Å². The van der Waals surface area contributed by atoms with E-state index in [0.717, 1.165) is 30.1 Å². The first kappa shape index (κ1) is 27.6. The minimum atomic E-state index is -4.79. The number of carbonyl (C=O) groups is 1. The smallest absolute Gasteiger partial charge is 0.352 e. The highest BCUT2D eigenvalue weighted by Crippen LogP contribution is 2.40. The van der Waals surface area contributed by atoms with Crippen LogP contribution in [0.3, 0.4) is 0 Å². The van der Waals surface area contributed by atoms with Gasteiger partial charge in [-0.2, -0.15) is 18.4 Å². The number of rotatable bonds is 5. The molecule has 2 aliphatic heterocycles. The summed E-state index contributed by atoms with van der Waals surface area (Å²) >= 11 is 0. The molecule has 2 atom stereocenters. The van der Waals surface area contributed by atoms with E-state index in [9.17, 15) is 32.0 Å². The topological polar surface area (TPSA) is 82.2 Å². The first-order valence-corrected chi connectivity index (χ1v) is 12.5. The molecule has 3 aliphatic rings. The largest absolute Gasteiger partial charge is 0.435 e. The normalized spacial score (nSPS) is 25.5. The van der Waals surface area contributed by atoms with Crippen molar-refractivity contribution < 1.29 is 26.7 Å². The molecule has 37 heavy (non-hydrogen) atoms. The highest BCUT2D eigenvalue weighted by atomic mass is 35.5. The lowest BCUT2D eigenvalue weighted by molar-refractivity contribution is -0.141. The first-order valence-electron chi connectivity index (χ1n) is 12.5. The van der Waals surface area contributed by atoms with E-state index in [0.29, 0.717) is 24.5 Å². The van der Waals surface area contributed by atoms with Crippen molar-refractivity contribution in [2.24, 2.45) is 11.8 Å². The number of pyridine rings is 1. The molecule has 0 radical (unpaired) electrons. The molecular formula is C25H29ClF5N5O. The average molecular weight is 546 g/mol. The van der Waals surface area contributed by atoms with Gasteiger partial charge in [0.1, 0.15) is 17.4 Å². The molecule has 12 heteroatoms. The monoisotopic (exact) mass is 545 g/mol. The standard InChI is InChI=1S/C25H28F5N5O.ClH/c26-24(27)5-3-14(4-6-24)9-20-22(25(28,29)30)34-21-11-16(10-19(12-31)35(20)21)23(36)32-13-15-7-17-1-2-18(8-15)33-17;/h10-11,14-15,17-18,33H,1-9,13H2,(H,32,36);1H. The fourth-order valence-electron chi connectivity index (χ4n) is 6.12. The number of piperidine rings is 1. The number of hydrogen-bond donors (Lipinski definition) is 2. The van der Waals surface area contributed by atoms with Gasteiger partial charge in [-0.1, -0.05) is 0 Å². The Kier molecular flexibility index (Phi) is 7.73. The highest BCUT2D eigenvalue weighted by molar-refractivity contribution is 5.95. The van der Waals surface area contributed by atoms with Gasteiger partial charge in [0, 0.05) is 37.0 Å². The van der Waals surface area contributed by atoms with Gasteiger partial charge in [-0.25, -0.2) is 13.8 Å². The molecule has 0 spiro atoms. The second-order valence-electron chi connectivity index (χ2n) is 10.5. The number of fused-ring (bicyclic) bond motifs is 3. The summed E-state index contributed by atoms with van der Waals surface area (Å²) in [6, 6.07) is 5.36. The van der Waals surface area contributed by atoms with Crippen LogP contribution < -0.4 is 10.6 Å². The Morgan fingerprint density at radius 2 is 1.78 bits per heavy atom. The van der Waals surface area contributed by atoms with E-state index in [4.69, 9.17) is 0 Å². The van der Waals surface area contributed by atoms with E-state index in [2.05, 4.69) is 15.6 Å². The summed E-state index contributed by atoms with van der Waals surface area (Å²) in [7, 11) is 0. The Balaban J connectivity index is 0.00000320. The summed E-state index contributed by atoms with van der Waals surface area (Å²) < 4.78 is 69.9. The number of nitrogens with one attached hydrogen (secondary N) is 2. The number of imidazole rings is 1. The van der Waals surface area contributed by atoms with Crippen LogP contribution in [0.15, 0.2) is 12.1 Å². The quantitative estimate of drug-likeness (QED) is 0.501. The van der Waals surface area contributed by atoms with E-state index in [1.807, 2.05) is 6.07 Å². The van der Waals surface area contributed by atoms with Crippen molar-refractivity contribution in [3.63, 3.8) is 0 Å². The summed E-state index contributed by atoms with van der Waals surface area (Å²) in [5.74, 6) is -3.31. The molecule has 5 rings (SSSR count). The Labute approximate surface area is 217 Å². The molecule has 2 aromatic rings. The van der Waals surface area contributed by atoms with Crippen LogP contribution in [0, 0.1) is 23.2 Å². The molecule has 1 saturated carbocycles. The molecule has 2 aromatic heterocycles. The Morgan fingerprint density at radius 1 is 1.14 bits per heavy atom. The third-order valence-electron chi connectivity index (χ3n) is 7.90. The van der Waals surface area contributed by atoms with Gasteiger partial charge in [0.25, 0.3) is 5.91 Å². The van der Waals surface area contributed by atoms with E-state index in [1.54, 1.807) is 0 Å². The number of nitrogens with zero attached hydrogens (tertiary/aromatic N) is 3. The summed E-state index contributed by atoms with van der Waals surface area (Å²) in [4.78, 5) is 16.6. The van der Waals surface area contributed by atoms with E-state index >= 15 is 0 Å². The molecule has 3 fully saturated rings. The predicted octanol–water partition coefficient (Wildman–Crippen LogP) is 5.27. The molecule has 2 bridgehead atoms. The molecule has 4 heterocycles. The van der Waals surface area contributed by atoms with Crippen LogP contribution >= 0.6 is 12.4 Å². The van der Waals surface area contributed by atoms with Crippen molar-refractivity contribution >= 4 is 24.0 Å². The molecular weight excluding hydrogens is 517 g/mol. The number of hydrogen-bond acceptors (Lipinski definition) is 4. The fraction of sp³-hybridized carbons (Fsp3) is 0.640. The zero-order valence-corrected chi connectivity index (χ0v) is 20.9. The molecule has 6 nitrogen and oxygen atoms in total. The van der Waals surface area contributed by atoms with Crippen molar-refractivity contribution in [3.05, 3.63) is 34.8 Å². The zero-order chi connectivity index (χ0) is 25.7. The van der Waals surface area contributed by atoms with E-state index < -0.39 is 23.7 Å². The Bertz CT molecular complexity index is 1180. The van der Waals surface area contributed by atoms with Crippen molar-refractivity contribution in [2.45, 2.75) is 82.0 Å². The summed E-state index contributed by atoms with van der Waals surface area (Å²) in [6.45, 7) is 0.459. The van der Waals surface area contributed by atoms with Crippen molar-refractivity contribution in [3.8, 4) is 6.07 Å².